The van der Waals surface area contributed by atoms with Crippen LogP contribution >= 0.6 is 0 Å². The van der Waals surface area contributed by atoms with Gasteiger partial charge in [-0.15, -0.1) is 0 Å². The first-order chi connectivity index (χ1) is 7.88. The minimum absolute atomic E-state index is 0.354. The molecule has 0 spiro atoms. The van der Waals surface area contributed by atoms with Crippen LogP contribution in [0.1, 0.15) is 16.8 Å². The molecule has 1 aliphatic rings. The van der Waals surface area contributed by atoms with Gasteiger partial charge in [-0.25, -0.2) is 4.98 Å². The second kappa shape index (κ2) is 3.38. The van der Waals surface area contributed by atoms with Gasteiger partial charge in [-0.05, 0) is 11.1 Å². The lowest BCUT2D eigenvalue weighted by Crippen LogP contribution is -2.14. The van der Waals surface area contributed by atoms with Gasteiger partial charge < -0.3 is 9.32 Å². The van der Waals surface area contributed by atoms with E-state index in [1.165, 1.54) is 17.5 Å². The number of fused-ring (bicyclic) bond motifs is 1. The Balaban J connectivity index is 1.95. The van der Waals surface area contributed by atoms with Crippen LogP contribution in [0.2, 0.25) is 0 Å². The Morgan fingerprint density at radius 1 is 1.25 bits per heavy atom. The number of hydrogen-bond donors (Lipinski definition) is 0. The average Bonchev–Trinajstić information content (AvgIpc) is 2.94. The van der Waals surface area contributed by atoms with Gasteiger partial charge >= 0.3 is 0 Å². The number of anilines is 1. The van der Waals surface area contributed by atoms with Gasteiger partial charge in [0.1, 0.15) is 6.07 Å². The molecule has 0 fully saturated rings. The van der Waals surface area contributed by atoms with E-state index in [1.54, 1.807) is 0 Å². The fraction of sp³-hybridized carbons (Fsp3) is 0.167. The number of nitriles is 1. The van der Waals surface area contributed by atoms with Crippen molar-refractivity contribution in [2.45, 2.75) is 13.1 Å². The van der Waals surface area contributed by atoms with E-state index in [-0.39, 0.29) is 0 Å². The van der Waals surface area contributed by atoms with Gasteiger partial charge in [0.25, 0.3) is 0 Å². The first-order valence-electron chi connectivity index (χ1n) is 5.04. The maximum atomic E-state index is 8.89. The highest BCUT2D eigenvalue weighted by Gasteiger charge is 2.23. The zero-order valence-corrected chi connectivity index (χ0v) is 8.55. The summed E-state index contributed by atoms with van der Waals surface area (Å²) in [6.07, 6.45) is 1.32. The van der Waals surface area contributed by atoms with Crippen molar-refractivity contribution in [2.75, 3.05) is 4.90 Å². The molecule has 0 aliphatic carbocycles. The zero-order valence-electron chi connectivity index (χ0n) is 8.55. The molecule has 0 saturated carbocycles. The predicted octanol–water partition coefficient (Wildman–Crippen LogP) is 2.07. The molecule has 16 heavy (non-hydrogen) atoms. The maximum absolute atomic E-state index is 8.89. The number of nitrogens with zero attached hydrogens (tertiary/aromatic N) is 3. The van der Waals surface area contributed by atoms with Gasteiger partial charge in [0, 0.05) is 13.1 Å². The van der Waals surface area contributed by atoms with Crippen molar-refractivity contribution >= 4 is 5.88 Å². The molecule has 1 aliphatic heterocycles. The van der Waals surface area contributed by atoms with E-state index in [0.29, 0.717) is 11.6 Å². The summed E-state index contributed by atoms with van der Waals surface area (Å²) in [4.78, 5) is 5.90. The molecule has 0 atom stereocenters. The van der Waals surface area contributed by atoms with Gasteiger partial charge in [0.2, 0.25) is 11.6 Å². The summed E-state index contributed by atoms with van der Waals surface area (Å²) in [5.74, 6) is 0.568. The molecular formula is C12H9N3O. The van der Waals surface area contributed by atoms with Crippen LogP contribution in [0, 0.1) is 11.3 Å². The van der Waals surface area contributed by atoms with E-state index in [9.17, 15) is 0 Å². The van der Waals surface area contributed by atoms with Crippen molar-refractivity contribution in [2.24, 2.45) is 0 Å². The van der Waals surface area contributed by atoms with Crippen LogP contribution in [0.25, 0.3) is 0 Å². The van der Waals surface area contributed by atoms with Crippen molar-refractivity contribution in [3.05, 3.63) is 47.5 Å². The van der Waals surface area contributed by atoms with Crippen LogP contribution in [0.5, 0.6) is 0 Å². The zero-order chi connectivity index (χ0) is 11.0. The van der Waals surface area contributed by atoms with Gasteiger partial charge in [0.15, 0.2) is 6.39 Å². The minimum atomic E-state index is 0.354. The molecule has 1 aromatic carbocycles. The van der Waals surface area contributed by atoms with E-state index in [0.717, 1.165) is 13.1 Å². The Labute approximate surface area is 92.7 Å². The molecule has 0 saturated heterocycles. The lowest BCUT2D eigenvalue weighted by Gasteiger charge is -2.12. The van der Waals surface area contributed by atoms with Gasteiger partial charge in [-0.1, -0.05) is 24.3 Å². The number of benzene rings is 1. The summed E-state index contributed by atoms with van der Waals surface area (Å²) >= 11 is 0. The van der Waals surface area contributed by atoms with Crippen LogP contribution in [-0.4, -0.2) is 4.98 Å². The van der Waals surface area contributed by atoms with E-state index >= 15 is 0 Å². The van der Waals surface area contributed by atoms with Crippen LogP contribution in [0.4, 0.5) is 5.88 Å². The summed E-state index contributed by atoms with van der Waals surface area (Å²) in [6.45, 7) is 1.56. The van der Waals surface area contributed by atoms with Gasteiger partial charge in [-0.3, -0.25) is 0 Å². The third-order valence-electron chi connectivity index (χ3n) is 2.78. The average molecular weight is 211 g/mol. The number of rotatable bonds is 1. The largest absolute Gasteiger partial charge is 0.426 e. The van der Waals surface area contributed by atoms with E-state index in [1.807, 2.05) is 23.1 Å². The Kier molecular flexibility index (Phi) is 1.90. The molecular weight excluding hydrogens is 202 g/mol. The Hall–Kier alpha value is -2.28. The SMILES string of the molecule is N#Cc1ncoc1N1Cc2ccccc2C1. The molecule has 0 amide bonds. The summed E-state index contributed by atoms with van der Waals surface area (Å²) in [5.41, 5.74) is 2.92. The topological polar surface area (TPSA) is 53.1 Å². The maximum Gasteiger partial charge on any atom is 0.234 e. The molecule has 0 unspecified atom stereocenters. The minimum Gasteiger partial charge on any atom is -0.426 e. The molecule has 3 rings (SSSR count). The van der Waals surface area contributed by atoms with Crippen molar-refractivity contribution < 1.29 is 4.42 Å². The third-order valence-corrected chi connectivity index (χ3v) is 2.78. The molecule has 2 heterocycles. The number of oxazole rings is 1. The van der Waals surface area contributed by atoms with Crippen LogP contribution < -0.4 is 4.90 Å². The first-order valence-corrected chi connectivity index (χ1v) is 5.04. The van der Waals surface area contributed by atoms with E-state index < -0.39 is 0 Å². The number of aromatic nitrogens is 1. The highest BCUT2D eigenvalue weighted by Crippen LogP contribution is 2.29. The smallest absolute Gasteiger partial charge is 0.234 e. The summed E-state index contributed by atoms with van der Waals surface area (Å²) < 4.78 is 5.26. The molecule has 0 N–H and O–H groups in total. The van der Waals surface area contributed by atoms with Crippen LogP contribution in [0.3, 0.4) is 0 Å². The summed E-state index contributed by atoms with van der Waals surface area (Å²) in [5, 5.41) is 8.89. The summed E-state index contributed by atoms with van der Waals surface area (Å²) in [7, 11) is 0. The van der Waals surface area contributed by atoms with Crippen LogP contribution in [-0.2, 0) is 13.1 Å². The Bertz CT molecular complexity index is 543. The first kappa shape index (κ1) is 8.98. The third kappa shape index (κ3) is 1.26. The predicted molar refractivity (Wildman–Crippen MR) is 57.5 cm³/mol. The highest BCUT2D eigenvalue weighted by atomic mass is 16.4. The normalized spacial score (nSPS) is 13.6. The van der Waals surface area contributed by atoms with Gasteiger partial charge in [0.05, 0.1) is 0 Å². The van der Waals surface area contributed by atoms with Crippen molar-refractivity contribution in [1.82, 2.24) is 4.98 Å². The summed E-state index contributed by atoms with van der Waals surface area (Å²) in [6, 6.07) is 10.3. The quantitative estimate of drug-likeness (QED) is 0.724. The fourth-order valence-corrected chi connectivity index (χ4v) is 2.02. The fourth-order valence-electron chi connectivity index (χ4n) is 2.02. The molecule has 4 heteroatoms. The van der Waals surface area contributed by atoms with Crippen molar-refractivity contribution in [3.63, 3.8) is 0 Å². The molecule has 4 nitrogen and oxygen atoms in total. The van der Waals surface area contributed by atoms with Crippen LogP contribution in [0.15, 0.2) is 35.1 Å². The molecule has 78 valence electrons. The lowest BCUT2D eigenvalue weighted by molar-refractivity contribution is 0.540. The van der Waals surface area contributed by atoms with Gasteiger partial charge in [-0.2, -0.15) is 5.26 Å². The molecule has 0 bridgehead atoms. The lowest BCUT2D eigenvalue weighted by atomic mass is 10.1. The highest BCUT2D eigenvalue weighted by molar-refractivity contribution is 5.51. The van der Waals surface area contributed by atoms with Crippen molar-refractivity contribution in [3.8, 4) is 6.07 Å². The molecule has 1 aromatic heterocycles. The standard InChI is InChI=1S/C12H9N3O/c13-5-11-12(16-8-14-11)15-6-9-3-1-2-4-10(9)7-15/h1-4,8H,6-7H2. The molecule has 0 radical (unpaired) electrons. The molecule has 2 aromatic rings. The van der Waals surface area contributed by atoms with Crippen molar-refractivity contribution in [1.29, 1.82) is 5.26 Å². The second-order valence-corrected chi connectivity index (χ2v) is 3.74. The van der Waals surface area contributed by atoms with E-state index in [4.69, 9.17) is 9.68 Å². The van der Waals surface area contributed by atoms with E-state index in [2.05, 4.69) is 17.1 Å². The second-order valence-electron chi connectivity index (χ2n) is 3.74. The Morgan fingerprint density at radius 3 is 2.56 bits per heavy atom. The number of hydrogen-bond acceptors (Lipinski definition) is 4. The Morgan fingerprint density at radius 2 is 1.94 bits per heavy atom. The monoisotopic (exact) mass is 211 g/mol.